The number of urea groups is 1. The molecular formula is C13H10FN3O3. The standard InChI is InChI=1S/C13H10FN3O3/c14-9-3-1-2-4-10(9)16-13(20)17-11-7-8(12(18)19)5-6-15-11/h1-7H,(H,18,19)(H2,15,16,17,20). The van der Waals surface area contributed by atoms with Gasteiger partial charge < -0.3 is 10.4 Å². The molecule has 6 nitrogen and oxygen atoms in total. The van der Waals surface area contributed by atoms with Gasteiger partial charge in [0.15, 0.2) is 0 Å². The highest BCUT2D eigenvalue weighted by Gasteiger charge is 2.09. The van der Waals surface area contributed by atoms with Gasteiger partial charge in [-0.25, -0.2) is 19.0 Å². The maximum absolute atomic E-state index is 13.3. The van der Waals surface area contributed by atoms with Crippen molar-refractivity contribution < 1.29 is 19.1 Å². The van der Waals surface area contributed by atoms with Crippen LogP contribution in [-0.2, 0) is 0 Å². The van der Waals surface area contributed by atoms with E-state index in [9.17, 15) is 14.0 Å². The van der Waals surface area contributed by atoms with Gasteiger partial charge in [0.2, 0.25) is 0 Å². The Morgan fingerprint density at radius 2 is 1.90 bits per heavy atom. The van der Waals surface area contributed by atoms with Crippen molar-refractivity contribution in [3.63, 3.8) is 0 Å². The number of nitrogens with one attached hydrogen (secondary N) is 2. The fraction of sp³-hybridized carbons (Fsp3) is 0. The molecule has 0 unspecified atom stereocenters. The number of para-hydroxylation sites is 1. The Balaban J connectivity index is 2.07. The second kappa shape index (κ2) is 5.79. The largest absolute Gasteiger partial charge is 0.478 e. The van der Waals surface area contributed by atoms with E-state index in [1.807, 2.05) is 0 Å². The Morgan fingerprint density at radius 1 is 1.15 bits per heavy atom. The number of halogens is 1. The van der Waals surface area contributed by atoms with Crippen LogP contribution in [0.1, 0.15) is 10.4 Å². The molecule has 1 aromatic heterocycles. The van der Waals surface area contributed by atoms with E-state index in [2.05, 4.69) is 15.6 Å². The van der Waals surface area contributed by atoms with Crippen molar-refractivity contribution in [3.05, 3.63) is 54.0 Å². The van der Waals surface area contributed by atoms with Gasteiger partial charge in [-0.1, -0.05) is 12.1 Å². The first-order chi connectivity index (χ1) is 9.56. The second-order valence-corrected chi connectivity index (χ2v) is 3.79. The number of rotatable bonds is 3. The van der Waals surface area contributed by atoms with Crippen LogP contribution in [0, 0.1) is 5.82 Å². The predicted molar refractivity (Wildman–Crippen MR) is 70.2 cm³/mol. The van der Waals surface area contributed by atoms with Crippen molar-refractivity contribution in [1.29, 1.82) is 0 Å². The highest BCUT2D eigenvalue weighted by molar-refractivity contribution is 5.99. The molecule has 0 saturated carbocycles. The summed E-state index contributed by atoms with van der Waals surface area (Å²) in [7, 11) is 0. The summed E-state index contributed by atoms with van der Waals surface area (Å²) in [6.07, 6.45) is 1.25. The Morgan fingerprint density at radius 3 is 2.60 bits per heavy atom. The lowest BCUT2D eigenvalue weighted by molar-refractivity contribution is 0.0696. The Hall–Kier alpha value is -2.96. The molecule has 0 spiro atoms. The molecule has 0 bridgehead atoms. The van der Waals surface area contributed by atoms with E-state index in [0.29, 0.717) is 0 Å². The fourth-order valence-corrected chi connectivity index (χ4v) is 1.46. The van der Waals surface area contributed by atoms with Crippen LogP contribution < -0.4 is 10.6 Å². The lowest BCUT2D eigenvalue weighted by atomic mass is 10.2. The number of carboxylic acid groups (broad SMARTS) is 1. The van der Waals surface area contributed by atoms with E-state index in [1.54, 1.807) is 6.07 Å². The normalized spacial score (nSPS) is 9.85. The third kappa shape index (κ3) is 3.29. The summed E-state index contributed by atoms with van der Waals surface area (Å²) in [4.78, 5) is 26.2. The van der Waals surface area contributed by atoms with Gasteiger partial charge in [-0.3, -0.25) is 5.32 Å². The van der Waals surface area contributed by atoms with Gasteiger partial charge in [-0.2, -0.15) is 0 Å². The Bertz CT molecular complexity index is 661. The number of amides is 2. The van der Waals surface area contributed by atoms with Crippen molar-refractivity contribution >= 4 is 23.5 Å². The highest BCUT2D eigenvalue weighted by Crippen LogP contribution is 2.13. The summed E-state index contributed by atoms with van der Waals surface area (Å²) in [5.74, 6) is -1.65. The molecule has 2 aromatic rings. The van der Waals surface area contributed by atoms with Crippen molar-refractivity contribution in [1.82, 2.24) is 4.98 Å². The van der Waals surface area contributed by atoms with E-state index >= 15 is 0 Å². The summed E-state index contributed by atoms with van der Waals surface area (Å²) in [5.41, 5.74) is 0.000538. The molecule has 1 aromatic carbocycles. The molecule has 0 aliphatic rings. The highest BCUT2D eigenvalue weighted by atomic mass is 19.1. The van der Waals surface area contributed by atoms with Crippen LogP contribution in [0.15, 0.2) is 42.6 Å². The minimum atomic E-state index is -1.13. The van der Waals surface area contributed by atoms with Gasteiger partial charge in [0.25, 0.3) is 0 Å². The van der Waals surface area contributed by atoms with Crippen molar-refractivity contribution in [2.24, 2.45) is 0 Å². The number of hydrogen-bond acceptors (Lipinski definition) is 3. The van der Waals surface area contributed by atoms with Gasteiger partial charge in [0.1, 0.15) is 11.6 Å². The van der Waals surface area contributed by atoms with Crippen LogP contribution in [0.3, 0.4) is 0 Å². The summed E-state index contributed by atoms with van der Waals surface area (Å²) in [6.45, 7) is 0. The second-order valence-electron chi connectivity index (χ2n) is 3.79. The third-order valence-corrected chi connectivity index (χ3v) is 2.37. The SMILES string of the molecule is O=C(Nc1cc(C(=O)O)ccn1)Nc1ccccc1F. The van der Waals surface area contributed by atoms with Gasteiger partial charge in [-0.15, -0.1) is 0 Å². The monoisotopic (exact) mass is 275 g/mol. The molecule has 0 fully saturated rings. The van der Waals surface area contributed by atoms with E-state index in [1.165, 1.54) is 36.5 Å². The number of hydrogen-bond donors (Lipinski definition) is 3. The summed E-state index contributed by atoms with van der Waals surface area (Å²) in [6, 6.07) is 7.45. The number of aromatic carboxylic acids is 1. The van der Waals surface area contributed by atoms with Gasteiger partial charge in [-0.05, 0) is 24.3 Å². The van der Waals surface area contributed by atoms with Crippen LogP contribution in [0.25, 0.3) is 0 Å². The zero-order valence-corrected chi connectivity index (χ0v) is 10.1. The molecule has 20 heavy (non-hydrogen) atoms. The van der Waals surface area contributed by atoms with E-state index in [-0.39, 0.29) is 17.1 Å². The molecule has 0 saturated heterocycles. The molecular weight excluding hydrogens is 265 g/mol. The molecule has 3 N–H and O–H groups in total. The smallest absolute Gasteiger partial charge is 0.335 e. The third-order valence-electron chi connectivity index (χ3n) is 2.37. The minimum Gasteiger partial charge on any atom is -0.478 e. The molecule has 0 atom stereocenters. The van der Waals surface area contributed by atoms with Gasteiger partial charge in [0.05, 0.1) is 11.3 Å². The Labute approximate surface area is 113 Å². The predicted octanol–water partition coefficient (Wildman–Crippen LogP) is 2.56. The molecule has 2 amide bonds. The number of carbonyl (C=O) groups is 2. The number of anilines is 2. The minimum absolute atomic E-state index is 0.0128. The number of carbonyl (C=O) groups excluding carboxylic acids is 1. The number of aromatic nitrogens is 1. The van der Waals surface area contributed by atoms with Crippen LogP contribution in [0.5, 0.6) is 0 Å². The average Bonchev–Trinajstić information content (AvgIpc) is 2.41. The molecule has 0 aliphatic carbocycles. The zero-order valence-electron chi connectivity index (χ0n) is 10.1. The maximum Gasteiger partial charge on any atom is 0.335 e. The topological polar surface area (TPSA) is 91.3 Å². The first-order valence-corrected chi connectivity index (χ1v) is 5.58. The lowest BCUT2D eigenvalue weighted by Gasteiger charge is -2.07. The molecule has 102 valence electrons. The first kappa shape index (κ1) is 13.5. The van der Waals surface area contributed by atoms with Gasteiger partial charge in [0, 0.05) is 6.20 Å². The summed E-state index contributed by atoms with van der Waals surface area (Å²) in [5, 5.41) is 13.4. The first-order valence-electron chi connectivity index (χ1n) is 5.58. The molecule has 0 radical (unpaired) electrons. The van der Waals surface area contributed by atoms with E-state index < -0.39 is 17.8 Å². The number of carboxylic acids is 1. The summed E-state index contributed by atoms with van der Waals surface area (Å²) < 4.78 is 13.3. The maximum atomic E-state index is 13.3. The van der Waals surface area contributed by atoms with Crippen molar-refractivity contribution in [2.75, 3.05) is 10.6 Å². The molecule has 2 rings (SSSR count). The number of nitrogens with zero attached hydrogens (tertiary/aromatic N) is 1. The van der Waals surface area contributed by atoms with Crippen LogP contribution >= 0.6 is 0 Å². The van der Waals surface area contributed by atoms with Crippen LogP contribution in [0.4, 0.5) is 20.7 Å². The molecule has 7 heteroatoms. The average molecular weight is 275 g/mol. The quantitative estimate of drug-likeness (QED) is 0.802. The van der Waals surface area contributed by atoms with E-state index in [0.717, 1.165) is 0 Å². The molecule has 0 aliphatic heterocycles. The van der Waals surface area contributed by atoms with Gasteiger partial charge >= 0.3 is 12.0 Å². The summed E-state index contributed by atoms with van der Waals surface area (Å²) >= 11 is 0. The molecule has 1 heterocycles. The fourth-order valence-electron chi connectivity index (χ4n) is 1.46. The van der Waals surface area contributed by atoms with E-state index in [4.69, 9.17) is 5.11 Å². The lowest BCUT2D eigenvalue weighted by Crippen LogP contribution is -2.21. The van der Waals surface area contributed by atoms with Crippen molar-refractivity contribution in [2.45, 2.75) is 0 Å². The number of benzene rings is 1. The van der Waals surface area contributed by atoms with Crippen LogP contribution in [0.2, 0.25) is 0 Å². The zero-order chi connectivity index (χ0) is 14.5. The number of pyridine rings is 1. The van der Waals surface area contributed by atoms with Crippen molar-refractivity contribution in [3.8, 4) is 0 Å². The Kier molecular flexibility index (Phi) is 3.90. The van der Waals surface area contributed by atoms with Crippen LogP contribution in [-0.4, -0.2) is 22.1 Å².